The fraction of sp³-hybridized carbons (Fsp3) is 0.304. The number of hydrogen-bond donors (Lipinski definition) is 1. The minimum absolute atomic E-state index is 0.0208. The van der Waals surface area contributed by atoms with Gasteiger partial charge in [0.15, 0.2) is 0 Å². The van der Waals surface area contributed by atoms with Gasteiger partial charge in [0.2, 0.25) is 17.6 Å². The first kappa shape index (κ1) is 19.8. The molecule has 1 aliphatic rings. The van der Waals surface area contributed by atoms with Gasteiger partial charge in [-0.3, -0.25) is 9.59 Å². The summed E-state index contributed by atoms with van der Waals surface area (Å²) in [6, 6.07) is 15.0. The van der Waals surface area contributed by atoms with Gasteiger partial charge in [0, 0.05) is 36.8 Å². The first-order valence-electron chi connectivity index (χ1n) is 10.1. The third kappa shape index (κ3) is 4.40. The van der Waals surface area contributed by atoms with Gasteiger partial charge in [-0.05, 0) is 56.2 Å². The van der Waals surface area contributed by atoms with Crippen molar-refractivity contribution in [1.82, 2.24) is 15.0 Å². The second-order valence-electron chi connectivity index (χ2n) is 7.67. The number of carbonyl (C=O) groups excluding carboxylic acids is 2. The number of anilines is 1. The number of carbonyl (C=O) groups is 2. The van der Waals surface area contributed by atoms with E-state index in [0.717, 1.165) is 30.5 Å². The fourth-order valence-corrected chi connectivity index (χ4v) is 3.75. The van der Waals surface area contributed by atoms with Crippen LogP contribution in [-0.2, 0) is 4.79 Å². The summed E-state index contributed by atoms with van der Waals surface area (Å²) in [7, 11) is 0. The highest BCUT2D eigenvalue weighted by Crippen LogP contribution is 2.28. The van der Waals surface area contributed by atoms with Gasteiger partial charge in [-0.2, -0.15) is 4.98 Å². The lowest BCUT2D eigenvalue weighted by Gasteiger charge is -2.31. The molecule has 0 bridgehead atoms. The van der Waals surface area contributed by atoms with Crippen molar-refractivity contribution in [3.8, 4) is 11.4 Å². The second-order valence-corrected chi connectivity index (χ2v) is 7.67. The van der Waals surface area contributed by atoms with Gasteiger partial charge in [0.05, 0.1) is 5.92 Å². The topological polar surface area (TPSA) is 88.3 Å². The van der Waals surface area contributed by atoms with Crippen LogP contribution in [0.4, 0.5) is 5.69 Å². The predicted octanol–water partition coefficient (Wildman–Crippen LogP) is 4.02. The summed E-state index contributed by atoms with van der Waals surface area (Å²) in [5.74, 6) is 0.995. The van der Waals surface area contributed by atoms with Crippen LogP contribution < -0.4 is 5.32 Å². The molecule has 1 unspecified atom stereocenters. The van der Waals surface area contributed by atoms with Crippen molar-refractivity contribution in [1.29, 1.82) is 0 Å². The van der Waals surface area contributed by atoms with E-state index in [4.69, 9.17) is 4.52 Å². The molecule has 0 saturated carbocycles. The number of piperidine rings is 1. The first-order valence-corrected chi connectivity index (χ1v) is 10.1. The molecule has 0 radical (unpaired) electrons. The lowest BCUT2D eigenvalue weighted by molar-refractivity contribution is -0.114. The number of likely N-dealkylation sites (tertiary alicyclic amines) is 1. The van der Waals surface area contributed by atoms with Crippen LogP contribution in [0.3, 0.4) is 0 Å². The van der Waals surface area contributed by atoms with Crippen LogP contribution in [0, 0.1) is 6.92 Å². The van der Waals surface area contributed by atoms with Crippen molar-refractivity contribution >= 4 is 17.5 Å². The molecule has 1 fully saturated rings. The molecule has 1 aromatic heterocycles. The normalized spacial score (nSPS) is 16.3. The Morgan fingerprint density at radius 1 is 1.17 bits per heavy atom. The Balaban J connectivity index is 1.46. The molecule has 2 heterocycles. The van der Waals surface area contributed by atoms with Gasteiger partial charge in [0.25, 0.3) is 5.91 Å². The van der Waals surface area contributed by atoms with E-state index in [-0.39, 0.29) is 17.7 Å². The van der Waals surface area contributed by atoms with E-state index < -0.39 is 0 Å². The van der Waals surface area contributed by atoms with Crippen LogP contribution in [0.15, 0.2) is 53.1 Å². The smallest absolute Gasteiger partial charge is 0.253 e. The molecule has 1 saturated heterocycles. The summed E-state index contributed by atoms with van der Waals surface area (Å²) in [5, 5.41) is 6.85. The number of rotatable bonds is 4. The summed E-state index contributed by atoms with van der Waals surface area (Å²) < 4.78 is 5.54. The van der Waals surface area contributed by atoms with Crippen LogP contribution in [-0.4, -0.2) is 39.9 Å². The van der Waals surface area contributed by atoms with E-state index in [1.807, 2.05) is 48.2 Å². The van der Waals surface area contributed by atoms with E-state index in [9.17, 15) is 9.59 Å². The second kappa shape index (κ2) is 8.49. The third-order valence-corrected chi connectivity index (χ3v) is 5.23. The van der Waals surface area contributed by atoms with Crippen LogP contribution in [0.2, 0.25) is 0 Å². The summed E-state index contributed by atoms with van der Waals surface area (Å²) in [4.78, 5) is 30.5. The van der Waals surface area contributed by atoms with Crippen LogP contribution in [0.5, 0.6) is 0 Å². The minimum Gasteiger partial charge on any atom is -0.339 e. The molecule has 154 valence electrons. The van der Waals surface area contributed by atoms with E-state index in [2.05, 4.69) is 15.5 Å². The number of nitrogens with one attached hydrogen (secondary N) is 1. The molecule has 30 heavy (non-hydrogen) atoms. The van der Waals surface area contributed by atoms with Gasteiger partial charge >= 0.3 is 0 Å². The molecule has 7 heteroatoms. The molecular weight excluding hydrogens is 380 g/mol. The lowest BCUT2D eigenvalue weighted by atomic mass is 9.97. The Morgan fingerprint density at radius 3 is 2.70 bits per heavy atom. The molecule has 2 aromatic carbocycles. The monoisotopic (exact) mass is 404 g/mol. The number of aryl methyl sites for hydroxylation is 1. The average Bonchev–Trinajstić information content (AvgIpc) is 3.24. The summed E-state index contributed by atoms with van der Waals surface area (Å²) in [6.07, 6.45) is 1.80. The zero-order valence-corrected chi connectivity index (χ0v) is 17.1. The number of nitrogens with zero attached hydrogens (tertiary/aromatic N) is 3. The number of aromatic nitrogens is 2. The van der Waals surface area contributed by atoms with Crippen molar-refractivity contribution in [3.63, 3.8) is 0 Å². The number of amides is 2. The quantitative estimate of drug-likeness (QED) is 0.709. The Morgan fingerprint density at radius 2 is 1.97 bits per heavy atom. The van der Waals surface area contributed by atoms with E-state index in [0.29, 0.717) is 29.5 Å². The molecule has 0 aliphatic carbocycles. The molecule has 2 amide bonds. The Labute approximate surface area is 175 Å². The van der Waals surface area contributed by atoms with Gasteiger partial charge < -0.3 is 14.7 Å². The SMILES string of the molecule is CC(=O)Nc1ccc(-c2noc(C3CCCN(C(=O)c4cccc(C)c4)C3)n2)cc1. The molecule has 7 nitrogen and oxygen atoms in total. The molecule has 1 atom stereocenters. The first-order chi connectivity index (χ1) is 14.5. The summed E-state index contributed by atoms with van der Waals surface area (Å²) >= 11 is 0. The zero-order valence-electron chi connectivity index (χ0n) is 17.1. The highest BCUT2D eigenvalue weighted by molar-refractivity contribution is 5.94. The maximum Gasteiger partial charge on any atom is 0.253 e. The Bertz CT molecular complexity index is 1060. The maximum atomic E-state index is 12.9. The van der Waals surface area contributed by atoms with Crippen molar-refractivity contribution in [2.75, 3.05) is 18.4 Å². The molecule has 0 spiro atoms. The average molecular weight is 404 g/mol. The molecule has 4 rings (SSSR count). The lowest BCUT2D eigenvalue weighted by Crippen LogP contribution is -2.39. The van der Waals surface area contributed by atoms with Gasteiger partial charge in [-0.1, -0.05) is 22.9 Å². The number of benzene rings is 2. The van der Waals surface area contributed by atoms with Crippen LogP contribution in [0.25, 0.3) is 11.4 Å². The highest BCUT2D eigenvalue weighted by Gasteiger charge is 2.29. The molecular formula is C23H24N4O3. The molecule has 1 aliphatic heterocycles. The van der Waals surface area contributed by atoms with Crippen LogP contribution in [0.1, 0.15) is 47.5 Å². The number of hydrogen-bond acceptors (Lipinski definition) is 5. The Hall–Kier alpha value is -3.48. The van der Waals surface area contributed by atoms with Crippen molar-refractivity contribution < 1.29 is 14.1 Å². The van der Waals surface area contributed by atoms with Gasteiger partial charge in [0.1, 0.15) is 0 Å². The minimum atomic E-state index is -0.119. The fourth-order valence-electron chi connectivity index (χ4n) is 3.75. The zero-order chi connectivity index (χ0) is 21.1. The van der Waals surface area contributed by atoms with Gasteiger partial charge in [-0.15, -0.1) is 0 Å². The molecule has 1 N–H and O–H groups in total. The van der Waals surface area contributed by atoms with E-state index in [1.165, 1.54) is 6.92 Å². The highest BCUT2D eigenvalue weighted by atomic mass is 16.5. The third-order valence-electron chi connectivity index (χ3n) is 5.23. The van der Waals surface area contributed by atoms with E-state index >= 15 is 0 Å². The van der Waals surface area contributed by atoms with E-state index in [1.54, 1.807) is 12.1 Å². The van der Waals surface area contributed by atoms with Crippen molar-refractivity contribution in [2.45, 2.75) is 32.6 Å². The largest absolute Gasteiger partial charge is 0.339 e. The van der Waals surface area contributed by atoms with Crippen LogP contribution >= 0.6 is 0 Å². The van der Waals surface area contributed by atoms with Gasteiger partial charge in [-0.25, -0.2) is 0 Å². The Kier molecular flexibility index (Phi) is 5.61. The summed E-state index contributed by atoms with van der Waals surface area (Å²) in [5.41, 5.74) is 3.30. The van der Waals surface area contributed by atoms with Crippen molar-refractivity contribution in [3.05, 3.63) is 65.5 Å². The summed E-state index contributed by atoms with van der Waals surface area (Å²) in [6.45, 7) is 4.75. The predicted molar refractivity (Wildman–Crippen MR) is 113 cm³/mol. The molecule has 3 aromatic rings. The maximum absolute atomic E-state index is 12.9. The van der Waals surface area contributed by atoms with Crippen molar-refractivity contribution in [2.24, 2.45) is 0 Å². The standard InChI is InChI=1S/C23H24N4O3/c1-15-5-3-6-18(13-15)23(29)27-12-4-7-19(14-27)22-25-21(26-30-22)17-8-10-20(11-9-17)24-16(2)28/h3,5-6,8-11,13,19H,4,7,12,14H2,1-2H3,(H,24,28).